The van der Waals surface area contributed by atoms with Crippen LogP contribution in [-0.4, -0.2) is 64.3 Å². The van der Waals surface area contributed by atoms with Crippen molar-refractivity contribution in [3.63, 3.8) is 0 Å². The third kappa shape index (κ3) is 5.12. The van der Waals surface area contributed by atoms with Crippen LogP contribution in [-0.2, 0) is 13.1 Å². The van der Waals surface area contributed by atoms with Crippen molar-refractivity contribution in [1.29, 1.82) is 0 Å². The standard InChI is InChI=1S/C19H26FN5O2/c1-27-17-3-2-15(18(20)8-17)12-25-6-5-24(13-16(25)4-7-26)11-14-9-22-19(21)23-10-14/h2-3,8-10,16,26H,4-7,11-13H2,1H3,(H2,21,22,23)/t16-/m0/s1. The van der Waals surface area contributed by atoms with Crippen molar-refractivity contribution in [2.45, 2.75) is 25.6 Å². The second-order valence-electron chi connectivity index (χ2n) is 6.78. The molecule has 0 amide bonds. The van der Waals surface area contributed by atoms with E-state index >= 15 is 0 Å². The Morgan fingerprint density at radius 2 is 2.04 bits per heavy atom. The molecular formula is C19H26FN5O2. The molecule has 1 atom stereocenters. The molecule has 0 saturated carbocycles. The number of aromatic nitrogens is 2. The first-order chi connectivity index (χ1) is 13.1. The summed E-state index contributed by atoms with van der Waals surface area (Å²) in [5.41, 5.74) is 7.17. The Morgan fingerprint density at radius 3 is 2.70 bits per heavy atom. The third-order valence-electron chi connectivity index (χ3n) is 4.92. The summed E-state index contributed by atoms with van der Waals surface area (Å²) in [6, 6.07) is 5.10. The van der Waals surface area contributed by atoms with Gasteiger partial charge in [0.1, 0.15) is 11.6 Å². The summed E-state index contributed by atoms with van der Waals surface area (Å²) in [6.07, 6.45) is 4.12. The zero-order valence-electron chi connectivity index (χ0n) is 15.5. The average molecular weight is 375 g/mol. The predicted octanol–water partition coefficient (Wildman–Crippen LogP) is 1.28. The van der Waals surface area contributed by atoms with Crippen molar-refractivity contribution in [2.75, 3.05) is 39.1 Å². The van der Waals surface area contributed by atoms with Crippen LogP contribution >= 0.6 is 0 Å². The molecule has 0 bridgehead atoms. The number of ether oxygens (including phenoxy) is 1. The van der Waals surface area contributed by atoms with Crippen LogP contribution in [0.25, 0.3) is 0 Å². The number of anilines is 1. The number of benzene rings is 1. The number of nitrogens with two attached hydrogens (primary N) is 1. The maximum Gasteiger partial charge on any atom is 0.219 e. The van der Waals surface area contributed by atoms with E-state index in [-0.39, 0.29) is 24.4 Å². The molecule has 146 valence electrons. The summed E-state index contributed by atoms with van der Waals surface area (Å²) in [5, 5.41) is 9.46. The van der Waals surface area contributed by atoms with Crippen LogP contribution in [0.5, 0.6) is 5.75 Å². The molecule has 0 radical (unpaired) electrons. The number of halogens is 1. The Kier molecular flexibility index (Phi) is 6.54. The lowest BCUT2D eigenvalue weighted by molar-refractivity contribution is 0.0492. The second kappa shape index (κ2) is 9.07. The summed E-state index contributed by atoms with van der Waals surface area (Å²) in [6.45, 7) is 3.79. The van der Waals surface area contributed by atoms with Crippen LogP contribution in [0.3, 0.4) is 0 Å². The van der Waals surface area contributed by atoms with Gasteiger partial charge in [0.05, 0.1) is 7.11 Å². The minimum atomic E-state index is -0.265. The molecule has 1 saturated heterocycles. The highest BCUT2D eigenvalue weighted by molar-refractivity contribution is 5.29. The monoisotopic (exact) mass is 375 g/mol. The Hall–Kier alpha value is -2.29. The number of hydrogen-bond donors (Lipinski definition) is 2. The van der Waals surface area contributed by atoms with Gasteiger partial charge in [-0.05, 0) is 12.5 Å². The molecule has 3 N–H and O–H groups in total. The fraction of sp³-hybridized carbons (Fsp3) is 0.474. The maximum absolute atomic E-state index is 14.3. The van der Waals surface area contributed by atoms with Crippen molar-refractivity contribution < 1.29 is 14.2 Å². The molecule has 2 aromatic rings. The summed E-state index contributed by atoms with van der Waals surface area (Å²) < 4.78 is 19.4. The first-order valence-corrected chi connectivity index (χ1v) is 9.05. The van der Waals surface area contributed by atoms with Crippen LogP contribution < -0.4 is 10.5 Å². The first kappa shape index (κ1) is 19.5. The molecule has 8 heteroatoms. The van der Waals surface area contributed by atoms with Gasteiger partial charge in [-0.15, -0.1) is 0 Å². The second-order valence-corrected chi connectivity index (χ2v) is 6.78. The predicted molar refractivity (Wildman–Crippen MR) is 101 cm³/mol. The number of rotatable bonds is 7. The molecule has 27 heavy (non-hydrogen) atoms. The van der Waals surface area contributed by atoms with Gasteiger partial charge in [0.25, 0.3) is 0 Å². The Balaban J connectivity index is 1.64. The van der Waals surface area contributed by atoms with E-state index in [1.54, 1.807) is 24.5 Å². The molecule has 0 spiro atoms. The van der Waals surface area contributed by atoms with Crippen molar-refractivity contribution in [2.24, 2.45) is 0 Å². The van der Waals surface area contributed by atoms with Crippen LogP contribution in [0.4, 0.5) is 10.3 Å². The third-order valence-corrected chi connectivity index (χ3v) is 4.92. The fourth-order valence-corrected chi connectivity index (χ4v) is 3.44. The van der Waals surface area contributed by atoms with Gasteiger partial charge in [-0.3, -0.25) is 9.80 Å². The Labute approximate surface area is 158 Å². The largest absolute Gasteiger partial charge is 0.497 e. The molecule has 1 aromatic heterocycles. The van der Waals surface area contributed by atoms with E-state index in [1.165, 1.54) is 13.2 Å². The number of hydrogen-bond acceptors (Lipinski definition) is 7. The number of aliphatic hydroxyl groups is 1. The average Bonchev–Trinajstić information content (AvgIpc) is 2.67. The fourth-order valence-electron chi connectivity index (χ4n) is 3.44. The van der Waals surface area contributed by atoms with Gasteiger partial charge in [0, 0.05) is 75.0 Å². The molecule has 1 aliphatic heterocycles. The van der Waals surface area contributed by atoms with E-state index < -0.39 is 0 Å². The zero-order chi connectivity index (χ0) is 19.2. The lowest BCUT2D eigenvalue weighted by atomic mass is 10.1. The minimum absolute atomic E-state index is 0.102. The molecule has 1 fully saturated rings. The van der Waals surface area contributed by atoms with E-state index in [0.29, 0.717) is 24.3 Å². The smallest absolute Gasteiger partial charge is 0.219 e. The lowest BCUT2D eigenvalue weighted by Crippen LogP contribution is -2.52. The van der Waals surface area contributed by atoms with Gasteiger partial charge in [0.2, 0.25) is 5.95 Å². The van der Waals surface area contributed by atoms with Gasteiger partial charge >= 0.3 is 0 Å². The number of nitrogen functional groups attached to an aromatic ring is 1. The van der Waals surface area contributed by atoms with E-state index in [2.05, 4.69) is 19.8 Å². The summed E-state index contributed by atoms with van der Waals surface area (Å²) >= 11 is 0. The number of methoxy groups -OCH3 is 1. The van der Waals surface area contributed by atoms with Gasteiger partial charge in [-0.1, -0.05) is 6.07 Å². The maximum atomic E-state index is 14.3. The van der Waals surface area contributed by atoms with E-state index in [1.807, 2.05) is 0 Å². The molecule has 3 rings (SSSR count). The Morgan fingerprint density at radius 1 is 1.26 bits per heavy atom. The summed E-state index contributed by atoms with van der Waals surface area (Å²) in [7, 11) is 1.52. The van der Waals surface area contributed by atoms with Crippen molar-refractivity contribution >= 4 is 5.95 Å². The molecule has 2 heterocycles. The van der Waals surface area contributed by atoms with Crippen LogP contribution in [0.15, 0.2) is 30.6 Å². The highest BCUT2D eigenvalue weighted by Crippen LogP contribution is 2.22. The van der Waals surface area contributed by atoms with E-state index in [0.717, 1.165) is 31.7 Å². The summed E-state index contributed by atoms with van der Waals surface area (Å²) in [5.74, 6) is 0.514. The highest BCUT2D eigenvalue weighted by atomic mass is 19.1. The summed E-state index contributed by atoms with van der Waals surface area (Å²) in [4.78, 5) is 12.6. The molecular weight excluding hydrogens is 349 g/mol. The van der Waals surface area contributed by atoms with Crippen LogP contribution in [0, 0.1) is 5.82 Å². The zero-order valence-corrected chi connectivity index (χ0v) is 15.5. The Bertz CT molecular complexity index is 743. The molecule has 7 nitrogen and oxygen atoms in total. The number of aliphatic hydroxyl groups excluding tert-OH is 1. The molecule has 1 aliphatic rings. The first-order valence-electron chi connectivity index (χ1n) is 9.05. The number of piperazine rings is 1. The van der Waals surface area contributed by atoms with Gasteiger partial charge in [-0.25, -0.2) is 14.4 Å². The molecule has 0 aliphatic carbocycles. The normalized spacial score (nSPS) is 18.6. The highest BCUT2D eigenvalue weighted by Gasteiger charge is 2.27. The van der Waals surface area contributed by atoms with Crippen LogP contribution in [0.2, 0.25) is 0 Å². The molecule has 1 aromatic carbocycles. The van der Waals surface area contributed by atoms with Gasteiger partial charge < -0.3 is 15.6 Å². The van der Waals surface area contributed by atoms with Crippen molar-refractivity contribution in [1.82, 2.24) is 19.8 Å². The van der Waals surface area contributed by atoms with E-state index in [4.69, 9.17) is 10.5 Å². The van der Waals surface area contributed by atoms with E-state index in [9.17, 15) is 9.50 Å². The topological polar surface area (TPSA) is 87.7 Å². The van der Waals surface area contributed by atoms with Gasteiger partial charge in [-0.2, -0.15) is 0 Å². The molecule has 0 unspecified atom stereocenters. The minimum Gasteiger partial charge on any atom is -0.497 e. The quantitative estimate of drug-likeness (QED) is 0.754. The lowest BCUT2D eigenvalue weighted by Gasteiger charge is -2.41. The number of nitrogens with zero attached hydrogens (tertiary/aromatic N) is 4. The van der Waals surface area contributed by atoms with Crippen molar-refractivity contribution in [3.05, 3.63) is 47.5 Å². The van der Waals surface area contributed by atoms with Crippen LogP contribution in [0.1, 0.15) is 17.5 Å². The van der Waals surface area contributed by atoms with Gasteiger partial charge in [0.15, 0.2) is 0 Å². The van der Waals surface area contributed by atoms with Crippen molar-refractivity contribution in [3.8, 4) is 5.75 Å². The SMILES string of the molecule is COc1ccc(CN2CCN(Cc3cnc(N)nc3)C[C@@H]2CCO)c(F)c1.